The van der Waals surface area contributed by atoms with E-state index in [1.807, 2.05) is 30.3 Å². The highest BCUT2D eigenvalue weighted by Crippen LogP contribution is 2.36. The normalized spacial score (nSPS) is 15.2. The number of esters is 1. The molecule has 1 atom stereocenters. The van der Waals surface area contributed by atoms with Crippen molar-refractivity contribution in [3.63, 3.8) is 0 Å². The number of methoxy groups -OCH3 is 1. The number of carbonyl (C=O) groups is 3. The van der Waals surface area contributed by atoms with Crippen molar-refractivity contribution in [2.24, 2.45) is 5.10 Å². The first-order valence-electron chi connectivity index (χ1n) is 14.2. The van der Waals surface area contributed by atoms with Gasteiger partial charge in [-0.15, -0.1) is 0 Å². The third kappa shape index (κ3) is 8.26. The topological polar surface area (TPSA) is 155 Å². The molecule has 0 radical (unpaired) electrons. The maximum Gasteiger partial charge on any atom is 0.338 e. The van der Waals surface area contributed by atoms with Gasteiger partial charge >= 0.3 is 12.0 Å². The highest BCUT2D eigenvalue weighted by atomic mass is 127. The van der Waals surface area contributed by atoms with Crippen molar-refractivity contribution in [3.8, 4) is 28.7 Å². The van der Waals surface area contributed by atoms with Crippen LogP contribution in [0.4, 0.5) is 4.79 Å². The number of allylic oxidation sites excluding steroid dienone is 1. The Kier molecular flexibility index (Phi) is 11.1. The summed E-state index contributed by atoms with van der Waals surface area (Å²) in [6.45, 7) is 3.71. The Balaban J connectivity index is 1.16. The fourth-order valence-electron chi connectivity index (χ4n) is 4.74. The molecule has 246 valence electrons. The molecule has 2 heterocycles. The van der Waals surface area contributed by atoms with E-state index in [0.717, 1.165) is 19.2 Å². The van der Waals surface area contributed by atoms with Crippen LogP contribution >= 0.6 is 38.5 Å². The molecule has 2 aliphatic rings. The van der Waals surface area contributed by atoms with Gasteiger partial charge in [0, 0.05) is 5.70 Å². The number of nitrogens with zero attached hydrogens (tertiary/aromatic N) is 1. The molecule has 0 spiro atoms. The first-order chi connectivity index (χ1) is 22.7. The van der Waals surface area contributed by atoms with E-state index in [0.29, 0.717) is 40.9 Å². The SMILES string of the molecule is CCOC(=O)C1=C(C)NC(=O)N[C@@H]1c1ccc(OCC(=O)N/N=C\c2cc(Br)c(OCc3ccc4c(c3)OCO4)c(I)c2)c(OC)c1. The Morgan fingerprint density at radius 3 is 2.68 bits per heavy atom. The number of benzene rings is 3. The van der Waals surface area contributed by atoms with Gasteiger partial charge in [0.15, 0.2) is 29.6 Å². The summed E-state index contributed by atoms with van der Waals surface area (Å²) < 4.78 is 34.7. The molecule has 0 aromatic heterocycles. The second-order valence-corrected chi connectivity index (χ2v) is 12.1. The zero-order valence-corrected chi connectivity index (χ0v) is 29.2. The zero-order valence-electron chi connectivity index (χ0n) is 25.5. The summed E-state index contributed by atoms with van der Waals surface area (Å²) in [7, 11) is 1.44. The minimum absolute atomic E-state index is 0.181. The Labute approximate surface area is 292 Å². The van der Waals surface area contributed by atoms with Crippen molar-refractivity contribution in [2.75, 3.05) is 27.1 Å². The monoisotopic (exact) mass is 820 g/mol. The van der Waals surface area contributed by atoms with Gasteiger partial charge in [0.05, 0.1) is 39.6 Å². The molecule has 0 fully saturated rings. The van der Waals surface area contributed by atoms with Gasteiger partial charge in [-0.05, 0) is 105 Å². The number of hydrogen-bond acceptors (Lipinski definition) is 10. The van der Waals surface area contributed by atoms with Crippen molar-refractivity contribution >= 4 is 62.6 Å². The third-order valence-electron chi connectivity index (χ3n) is 6.89. The van der Waals surface area contributed by atoms with E-state index in [9.17, 15) is 14.4 Å². The molecule has 0 aliphatic carbocycles. The molecule has 5 rings (SSSR count). The first kappa shape index (κ1) is 33.8. The number of nitrogens with one attached hydrogen (secondary N) is 3. The van der Waals surface area contributed by atoms with Crippen LogP contribution in [0.25, 0.3) is 0 Å². The number of carbonyl (C=O) groups excluding carboxylic acids is 3. The van der Waals surface area contributed by atoms with E-state index in [2.05, 4.69) is 59.7 Å². The van der Waals surface area contributed by atoms with Crippen LogP contribution in [0.1, 0.15) is 36.6 Å². The van der Waals surface area contributed by atoms with E-state index in [-0.39, 0.29) is 31.3 Å². The average molecular weight is 821 g/mol. The summed E-state index contributed by atoms with van der Waals surface area (Å²) in [4.78, 5) is 37.3. The molecule has 0 saturated heterocycles. The van der Waals surface area contributed by atoms with Crippen LogP contribution in [0.5, 0.6) is 28.7 Å². The second-order valence-electron chi connectivity index (χ2n) is 10.1. The molecule has 0 unspecified atom stereocenters. The lowest BCUT2D eigenvalue weighted by atomic mass is 9.95. The molecule has 2 aliphatic heterocycles. The number of ether oxygens (including phenoxy) is 6. The maximum absolute atomic E-state index is 12.6. The van der Waals surface area contributed by atoms with E-state index in [1.54, 1.807) is 32.0 Å². The lowest BCUT2D eigenvalue weighted by Gasteiger charge is -2.28. The standard InChI is InChI=1S/C32H30BrIN4O9/c1-4-43-31(40)28-17(2)36-32(41)37-29(28)20-6-8-23(25(12-20)42-3)44-15-27(39)38-35-13-19-9-21(33)30(22(34)10-19)45-14-18-5-7-24-26(11-18)47-16-46-24/h5-13,29H,4,14-16H2,1-3H3,(H,38,39)(H2,36,37,41)/b35-13-/t29-/m1/s1. The van der Waals surface area contributed by atoms with Crippen LogP contribution in [-0.4, -0.2) is 51.2 Å². The van der Waals surface area contributed by atoms with Crippen LogP contribution in [0.15, 0.2) is 69.4 Å². The van der Waals surface area contributed by atoms with Crippen LogP contribution in [-0.2, 0) is 20.9 Å². The van der Waals surface area contributed by atoms with Crippen LogP contribution < -0.4 is 39.7 Å². The number of amides is 3. The summed E-state index contributed by atoms with van der Waals surface area (Å²) in [5.41, 5.74) is 5.33. The van der Waals surface area contributed by atoms with Crippen molar-refractivity contribution in [3.05, 3.63) is 84.5 Å². The van der Waals surface area contributed by atoms with Crippen LogP contribution in [0, 0.1) is 3.57 Å². The molecule has 47 heavy (non-hydrogen) atoms. The number of urea groups is 1. The predicted molar refractivity (Wildman–Crippen MR) is 182 cm³/mol. The van der Waals surface area contributed by atoms with Gasteiger partial charge in [-0.2, -0.15) is 5.10 Å². The fourth-order valence-corrected chi connectivity index (χ4v) is 6.51. The van der Waals surface area contributed by atoms with E-state index < -0.39 is 23.9 Å². The average Bonchev–Trinajstić information content (AvgIpc) is 3.51. The summed E-state index contributed by atoms with van der Waals surface area (Å²) in [6.07, 6.45) is 1.51. The summed E-state index contributed by atoms with van der Waals surface area (Å²) in [5.74, 6) is 1.60. The first-order valence-corrected chi connectivity index (χ1v) is 16.1. The smallest absolute Gasteiger partial charge is 0.338 e. The minimum Gasteiger partial charge on any atom is -0.493 e. The third-order valence-corrected chi connectivity index (χ3v) is 8.28. The fraction of sp³-hybridized carbons (Fsp3) is 0.250. The highest BCUT2D eigenvalue weighted by Gasteiger charge is 2.32. The molecule has 13 nitrogen and oxygen atoms in total. The molecule has 15 heteroatoms. The van der Waals surface area contributed by atoms with Gasteiger partial charge in [0.1, 0.15) is 12.4 Å². The van der Waals surface area contributed by atoms with Crippen molar-refractivity contribution in [1.29, 1.82) is 0 Å². The van der Waals surface area contributed by atoms with Crippen molar-refractivity contribution in [1.82, 2.24) is 16.1 Å². The lowest BCUT2D eigenvalue weighted by Crippen LogP contribution is -2.45. The molecule has 0 saturated carbocycles. The van der Waals surface area contributed by atoms with Crippen molar-refractivity contribution in [2.45, 2.75) is 26.5 Å². The lowest BCUT2D eigenvalue weighted by molar-refractivity contribution is -0.139. The zero-order chi connectivity index (χ0) is 33.5. The van der Waals surface area contributed by atoms with Gasteiger partial charge in [-0.3, -0.25) is 4.79 Å². The number of fused-ring (bicyclic) bond motifs is 1. The van der Waals surface area contributed by atoms with Crippen molar-refractivity contribution < 1.29 is 42.8 Å². The summed E-state index contributed by atoms with van der Waals surface area (Å²) in [5, 5.41) is 9.37. The van der Waals surface area contributed by atoms with Gasteiger partial charge < -0.3 is 39.1 Å². The van der Waals surface area contributed by atoms with Crippen LogP contribution in [0.2, 0.25) is 0 Å². The van der Waals surface area contributed by atoms with E-state index >= 15 is 0 Å². The predicted octanol–water partition coefficient (Wildman–Crippen LogP) is 5.09. The summed E-state index contributed by atoms with van der Waals surface area (Å²) >= 11 is 5.73. The summed E-state index contributed by atoms with van der Waals surface area (Å²) in [6, 6.07) is 13.0. The largest absolute Gasteiger partial charge is 0.493 e. The Bertz CT molecular complexity index is 1740. The molecule has 3 aromatic rings. The maximum atomic E-state index is 12.6. The number of rotatable bonds is 12. The number of hydrogen-bond donors (Lipinski definition) is 3. The Morgan fingerprint density at radius 2 is 1.91 bits per heavy atom. The van der Waals surface area contributed by atoms with E-state index in [4.69, 9.17) is 28.4 Å². The Hall–Kier alpha value is -4.51. The molecular weight excluding hydrogens is 791 g/mol. The molecule has 3 amide bonds. The molecule has 0 bridgehead atoms. The molecular formula is C32H30BrIN4O9. The van der Waals surface area contributed by atoms with Gasteiger partial charge in [0.2, 0.25) is 6.79 Å². The quantitative estimate of drug-likeness (QED) is 0.0982. The van der Waals surface area contributed by atoms with Gasteiger partial charge in [0.25, 0.3) is 5.91 Å². The number of halogens is 2. The van der Waals surface area contributed by atoms with E-state index in [1.165, 1.54) is 13.3 Å². The Morgan fingerprint density at radius 1 is 1.11 bits per heavy atom. The molecule has 3 N–H and O–H groups in total. The molecule has 3 aromatic carbocycles. The van der Waals surface area contributed by atoms with Gasteiger partial charge in [-0.25, -0.2) is 15.0 Å². The highest BCUT2D eigenvalue weighted by molar-refractivity contribution is 14.1. The van der Waals surface area contributed by atoms with Gasteiger partial charge in [-0.1, -0.05) is 12.1 Å². The van der Waals surface area contributed by atoms with Crippen LogP contribution in [0.3, 0.4) is 0 Å². The number of hydrazone groups is 1. The minimum atomic E-state index is -0.776. The second kappa shape index (κ2) is 15.4.